The van der Waals surface area contributed by atoms with Crippen LogP contribution in [-0.2, 0) is 11.3 Å². The van der Waals surface area contributed by atoms with Gasteiger partial charge in [0.1, 0.15) is 5.82 Å². The SMILES string of the molecule is CCCC(C(=O)N(C)Cc1ccccc1Cl)c1ccc(F)cc1. The van der Waals surface area contributed by atoms with Gasteiger partial charge in [0.05, 0.1) is 5.92 Å². The molecule has 2 nitrogen and oxygen atoms in total. The van der Waals surface area contributed by atoms with Gasteiger partial charge >= 0.3 is 0 Å². The summed E-state index contributed by atoms with van der Waals surface area (Å²) in [6.45, 7) is 2.50. The first-order valence-electron chi connectivity index (χ1n) is 7.76. The van der Waals surface area contributed by atoms with Crippen LogP contribution >= 0.6 is 11.6 Å². The molecule has 0 aromatic heterocycles. The lowest BCUT2D eigenvalue weighted by Crippen LogP contribution is -2.31. The van der Waals surface area contributed by atoms with E-state index in [1.807, 2.05) is 31.2 Å². The fraction of sp³-hybridized carbons (Fsp3) is 0.316. The summed E-state index contributed by atoms with van der Waals surface area (Å²) in [7, 11) is 1.78. The van der Waals surface area contributed by atoms with E-state index >= 15 is 0 Å². The van der Waals surface area contributed by atoms with E-state index in [0.717, 1.165) is 24.0 Å². The number of hydrogen-bond acceptors (Lipinski definition) is 1. The number of halogens is 2. The summed E-state index contributed by atoms with van der Waals surface area (Å²) in [6.07, 6.45) is 1.62. The molecule has 0 saturated heterocycles. The Morgan fingerprint density at radius 1 is 1.17 bits per heavy atom. The maximum absolute atomic E-state index is 13.1. The molecule has 23 heavy (non-hydrogen) atoms. The third-order valence-electron chi connectivity index (χ3n) is 3.89. The van der Waals surface area contributed by atoms with Crippen molar-refractivity contribution in [1.82, 2.24) is 4.90 Å². The smallest absolute Gasteiger partial charge is 0.230 e. The van der Waals surface area contributed by atoms with Crippen molar-refractivity contribution in [2.45, 2.75) is 32.2 Å². The van der Waals surface area contributed by atoms with E-state index in [1.165, 1.54) is 12.1 Å². The predicted octanol–water partition coefficient (Wildman–Crippen LogP) is 5.02. The van der Waals surface area contributed by atoms with Gasteiger partial charge in [0, 0.05) is 18.6 Å². The zero-order valence-corrected chi connectivity index (χ0v) is 14.2. The van der Waals surface area contributed by atoms with Crippen LogP contribution in [0.3, 0.4) is 0 Å². The van der Waals surface area contributed by atoms with Gasteiger partial charge in [-0.25, -0.2) is 4.39 Å². The molecule has 1 atom stereocenters. The van der Waals surface area contributed by atoms with Crippen LogP contribution in [0.4, 0.5) is 4.39 Å². The van der Waals surface area contributed by atoms with Crippen LogP contribution in [0, 0.1) is 5.82 Å². The number of carbonyl (C=O) groups is 1. The van der Waals surface area contributed by atoms with Crippen molar-refractivity contribution in [3.63, 3.8) is 0 Å². The lowest BCUT2D eigenvalue weighted by Gasteiger charge is -2.24. The fourth-order valence-electron chi connectivity index (χ4n) is 2.64. The summed E-state index contributed by atoms with van der Waals surface area (Å²) in [5.41, 5.74) is 1.77. The minimum Gasteiger partial charge on any atom is -0.341 e. The first-order chi connectivity index (χ1) is 11.0. The van der Waals surface area contributed by atoms with E-state index < -0.39 is 0 Å². The van der Waals surface area contributed by atoms with Gasteiger partial charge in [0.25, 0.3) is 0 Å². The molecule has 4 heteroatoms. The average Bonchev–Trinajstić information content (AvgIpc) is 2.55. The zero-order valence-electron chi connectivity index (χ0n) is 13.4. The quantitative estimate of drug-likeness (QED) is 0.726. The van der Waals surface area contributed by atoms with Crippen molar-refractivity contribution in [1.29, 1.82) is 0 Å². The van der Waals surface area contributed by atoms with Gasteiger partial charge in [0.2, 0.25) is 5.91 Å². The molecule has 1 amide bonds. The topological polar surface area (TPSA) is 20.3 Å². The highest BCUT2D eigenvalue weighted by Crippen LogP contribution is 2.25. The highest BCUT2D eigenvalue weighted by molar-refractivity contribution is 6.31. The second-order valence-electron chi connectivity index (χ2n) is 5.68. The number of rotatable bonds is 6. The maximum Gasteiger partial charge on any atom is 0.230 e. The van der Waals surface area contributed by atoms with Crippen molar-refractivity contribution in [2.75, 3.05) is 7.05 Å². The number of benzene rings is 2. The van der Waals surface area contributed by atoms with E-state index in [-0.39, 0.29) is 17.6 Å². The summed E-state index contributed by atoms with van der Waals surface area (Å²) < 4.78 is 13.1. The molecule has 0 heterocycles. The Balaban J connectivity index is 2.16. The summed E-state index contributed by atoms with van der Waals surface area (Å²) >= 11 is 6.17. The van der Waals surface area contributed by atoms with Crippen LogP contribution in [0.25, 0.3) is 0 Å². The van der Waals surface area contributed by atoms with Crippen molar-refractivity contribution in [3.05, 3.63) is 70.5 Å². The number of likely N-dealkylation sites (N-methyl/N-ethyl adjacent to an activating group) is 1. The number of hydrogen-bond donors (Lipinski definition) is 0. The Kier molecular flexibility index (Phi) is 6.17. The number of amides is 1. The molecular formula is C19H21ClFNO. The van der Waals surface area contributed by atoms with Gasteiger partial charge in [-0.05, 0) is 35.7 Å². The first-order valence-corrected chi connectivity index (χ1v) is 8.14. The van der Waals surface area contributed by atoms with E-state index in [1.54, 1.807) is 24.1 Å². The molecule has 0 aliphatic heterocycles. The molecule has 1 unspecified atom stereocenters. The Morgan fingerprint density at radius 3 is 2.43 bits per heavy atom. The highest BCUT2D eigenvalue weighted by atomic mass is 35.5. The van der Waals surface area contributed by atoms with Gasteiger partial charge in [-0.3, -0.25) is 4.79 Å². The summed E-state index contributed by atoms with van der Waals surface area (Å²) in [6, 6.07) is 13.7. The lowest BCUT2D eigenvalue weighted by atomic mass is 9.93. The Labute approximate surface area is 141 Å². The minimum absolute atomic E-state index is 0.0263. The summed E-state index contributed by atoms with van der Waals surface area (Å²) in [5, 5.41) is 0.654. The van der Waals surface area contributed by atoms with E-state index in [4.69, 9.17) is 11.6 Å². The Bertz CT molecular complexity index is 657. The van der Waals surface area contributed by atoms with Crippen LogP contribution in [0.15, 0.2) is 48.5 Å². The van der Waals surface area contributed by atoms with Crippen molar-refractivity contribution in [3.8, 4) is 0 Å². The molecule has 0 fully saturated rings. The fourth-order valence-corrected chi connectivity index (χ4v) is 2.84. The molecule has 0 aliphatic rings. The largest absolute Gasteiger partial charge is 0.341 e. The van der Waals surface area contributed by atoms with Crippen LogP contribution in [-0.4, -0.2) is 17.9 Å². The van der Waals surface area contributed by atoms with Crippen LogP contribution in [0.5, 0.6) is 0 Å². The molecule has 0 radical (unpaired) electrons. The van der Waals surface area contributed by atoms with E-state index in [0.29, 0.717) is 11.6 Å². The van der Waals surface area contributed by atoms with Crippen LogP contribution in [0.2, 0.25) is 5.02 Å². The molecule has 2 rings (SSSR count). The average molecular weight is 334 g/mol. The second-order valence-corrected chi connectivity index (χ2v) is 6.09. The molecule has 0 N–H and O–H groups in total. The summed E-state index contributed by atoms with van der Waals surface area (Å²) in [4.78, 5) is 14.5. The Morgan fingerprint density at radius 2 is 1.83 bits per heavy atom. The maximum atomic E-state index is 13.1. The normalized spacial score (nSPS) is 12.0. The minimum atomic E-state index is -0.291. The number of carbonyl (C=O) groups excluding carboxylic acids is 1. The van der Waals surface area contributed by atoms with Gasteiger partial charge in [-0.15, -0.1) is 0 Å². The lowest BCUT2D eigenvalue weighted by molar-refractivity contribution is -0.132. The predicted molar refractivity (Wildman–Crippen MR) is 92.0 cm³/mol. The van der Waals surface area contributed by atoms with Crippen molar-refractivity contribution < 1.29 is 9.18 Å². The molecule has 0 bridgehead atoms. The first kappa shape index (κ1) is 17.5. The Hall–Kier alpha value is -1.87. The van der Waals surface area contributed by atoms with Gasteiger partial charge in [0.15, 0.2) is 0 Å². The number of nitrogens with zero attached hydrogens (tertiary/aromatic N) is 1. The molecule has 122 valence electrons. The molecule has 0 aliphatic carbocycles. The van der Waals surface area contributed by atoms with Gasteiger partial charge < -0.3 is 4.90 Å². The van der Waals surface area contributed by atoms with Crippen molar-refractivity contribution in [2.24, 2.45) is 0 Å². The van der Waals surface area contributed by atoms with E-state index in [9.17, 15) is 9.18 Å². The second kappa shape index (κ2) is 8.11. The third kappa shape index (κ3) is 4.55. The van der Waals surface area contributed by atoms with Crippen molar-refractivity contribution >= 4 is 17.5 Å². The van der Waals surface area contributed by atoms with Gasteiger partial charge in [-0.1, -0.05) is 55.3 Å². The monoisotopic (exact) mass is 333 g/mol. The molecule has 2 aromatic carbocycles. The van der Waals surface area contributed by atoms with Crippen LogP contribution in [0.1, 0.15) is 36.8 Å². The standard InChI is InChI=1S/C19H21ClFNO/c1-3-6-17(14-9-11-16(21)12-10-14)19(23)22(2)13-15-7-4-5-8-18(15)20/h4-5,7-12,17H,3,6,13H2,1-2H3. The molecule has 0 saturated carbocycles. The van der Waals surface area contributed by atoms with Gasteiger partial charge in [-0.2, -0.15) is 0 Å². The highest BCUT2D eigenvalue weighted by Gasteiger charge is 2.23. The molecule has 2 aromatic rings. The van der Waals surface area contributed by atoms with Crippen LogP contribution < -0.4 is 0 Å². The summed E-state index contributed by atoms with van der Waals surface area (Å²) in [5.74, 6) is -0.521. The molecule has 0 spiro atoms. The molecular weight excluding hydrogens is 313 g/mol. The zero-order chi connectivity index (χ0) is 16.8. The third-order valence-corrected chi connectivity index (χ3v) is 4.26. The van der Waals surface area contributed by atoms with E-state index in [2.05, 4.69) is 0 Å².